The average Bonchev–Trinajstić information content (AvgIpc) is 3.67. The van der Waals surface area contributed by atoms with Crippen LogP contribution in [0.5, 0.6) is 0 Å². The van der Waals surface area contributed by atoms with Gasteiger partial charge in [0, 0.05) is 6.54 Å². The summed E-state index contributed by atoms with van der Waals surface area (Å²) in [4.78, 5) is 31.1. The molecule has 6 heteroatoms. The van der Waals surface area contributed by atoms with Gasteiger partial charge in [0.15, 0.2) is 0 Å². The fourth-order valence-corrected chi connectivity index (χ4v) is 7.14. The van der Waals surface area contributed by atoms with Crippen LogP contribution in [0, 0.1) is 11.8 Å². The van der Waals surface area contributed by atoms with Crippen molar-refractivity contribution >= 4 is 45.9 Å². The van der Waals surface area contributed by atoms with E-state index in [0.717, 1.165) is 40.6 Å². The minimum atomic E-state index is -0.152. The smallest absolute Gasteiger partial charge is 0.261 e. The zero-order chi connectivity index (χ0) is 25.5. The molecule has 0 radical (unpaired) electrons. The van der Waals surface area contributed by atoms with Gasteiger partial charge in [-0.25, -0.2) is 0 Å². The highest BCUT2D eigenvalue weighted by atomic mass is 32.1. The predicted molar refractivity (Wildman–Crippen MR) is 153 cm³/mol. The van der Waals surface area contributed by atoms with Gasteiger partial charge in [0.1, 0.15) is 0 Å². The van der Waals surface area contributed by atoms with Crippen molar-refractivity contribution in [1.82, 2.24) is 10.2 Å². The van der Waals surface area contributed by atoms with E-state index in [4.69, 9.17) is 0 Å². The van der Waals surface area contributed by atoms with E-state index in [-0.39, 0.29) is 11.8 Å². The monoisotopic (exact) mass is 524 g/mol. The number of carbonyl (C=O) groups excluding carboxylic acids is 2. The average molecular weight is 525 g/mol. The van der Waals surface area contributed by atoms with Gasteiger partial charge < -0.3 is 10.2 Å². The molecular weight excluding hydrogens is 484 g/mol. The lowest BCUT2D eigenvalue weighted by Crippen LogP contribution is -2.32. The van der Waals surface area contributed by atoms with E-state index >= 15 is 0 Å². The summed E-state index contributed by atoms with van der Waals surface area (Å²) in [7, 11) is 0. The molecule has 0 fully saturated rings. The van der Waals surface area contributed by atoms with Gasteiger partial charge in [-0.15, -0.1) is 22.7 Å². The molecule has 0 spiro atoms. The predicted octanol–water partition coefficient (Wildman–Crippen LogP) is 8.10. The van der Waals surface area contributed by atoms with E-state index in [1.165, 1.54) is 44.9 Å². The second kappa shape index (κ2) is 12.9. The largest absolute Gasteiger partial charge is 0.320 e. The van der Waals surface area contributed by atoms with E-state index < -0.39 is 0 Å². The number of unbranched alkanes of at least 4 members (excludes halogenated alkanes) is 2. The molecule has 2 unspecified atom stereocenters. The maximum Gasteiger partial charge on any atom is 0.261 e. The highest BCUT2D eigenvalue weighted by Gasteiger charge is 2.46. The first kappa shape index (κ1) is 26.9. The first-order valence-electron chi connectivity index (χ1n) is 13.8. The number of amides is 2. The van der Waals surface area contributed by atoms with E-state index in [2.05, 4.69) is 26.1 Å². The summed E-state index contributed by atoms with van der Waals surface area (Å²) in [5.74, 6) is 1.05. The molecule has 2 aromatic heterocycles. The molecule has 2 aromatic rings. The summed E-state index contributed by atoms with van der Waals surface area (Å²) in [5, 5.41) is 7.02. The van der Waals surface area contributed by atoms with E-state index in [1.807, 2.05) is 39.9 Å². The van der Waals surface area contributed by atoms with Gasteiger partial charge in [-0.3, -0.25) is 9.59 Å². The van der Waals surface area contributed by atoms with Crippen LogP contribution in [-0.2, 0) is 9.59 Å². The van der Waals surface area contributed by atoms with Crippen LogP contribution < -0.4 is 5.32 Å². The summed E-state index contributed by atoms with van der Waals surface area (Å²) >= 11 is 3.16. The molecule has 36 heavy (non-hydrogen) atoms. The van der Waals surface area contributed by atoms with Crippen molar-refractivity contribution < 1.29 is 9.59 Å². The van der Waals surface area contributed by atoms with E-state index in [1.54, 1.807) is 22.7 Å². The molecule has 194 valence electrons. The van der Waals surface area contributed by atoms with Crippen LogP contribution in [-0.4, -0.2) is 23.3 Å². The zero-order valence-corrected chi connectivity index (χ0v) is 23.6. The Kier molecular flexibility index (Phi) is 9.60. The van der Waals surface area contributed by atoms with Gasteiger partial charge in [-0.1, -0.05) is 84.3 Å². The molecule has 0 aromatic carbocycles. The van der Waals surface area contributed by atoms with Gasteiger partial charge in [0.2, 0.25) is 0 Å². The number of hydrogen-bond acceptors (Lipinski definition) is 4. The molecule has 2 atom stereocenters. The third kappa shape index (κ3) is 5.86. The van der Waals surface area contributed by atoms with Gasteiger partial charge >= 0.3 is 0 Å². The normalized spacial score (nSPS) is 17.2. The molecule has 0 bridgehead atoms. The molecule has 0 aliphatic carbocycles. The molecule has 2 amide bonds. The van der Waals surface area contributed by atoms with Gasteiger partial charge in [0.25, 0.3) is 11.8 Å². The molecule has 4 rings (SSSR count). The molecule has 0 saturated carbocycles. The first-order chi connectivity index (χ1) is 17.6. The Labute approximate surface area is 224 Å². The summed E-state index contributed by atoms with van der Waals surface area (Å²) in [5.41, 5.74) is 2.62. The maximum atomic E-state index is 14.0. The highest BCUT2D eigenvalue weighted by molar-refractivity contribution is 7.11. The third-order valence-electron chi connectivity index (χ3n) is 7.51. The highest BCUT2D eigenvalue weighted by Crippen LogP contribution is 2.45. The lowest BCUT2D eigenvalue weighted by Gasteiger charge is -2.28. The number of fused-ring (bicyclic) bond motifs is 1. The second-order valence-electron chi connectivity index (χ2n) is 10.2. The van der Waals surface area contributed by atoms with Gasteiger partial charge in [-0.05, 0) is 47.6 Å². The number of nitrogens with one attached hydrogen (secondary N) is 1. The van der Waals surface area contributed by atoms with Crippen LogP contribution >= 0.6 is 22.7 Å². The lowest BCUT2D eigenvalue weighted by atomic mass is 9.87. The Balaban J connectivity index is 1.63. The zero-order valence-electron chi connectivity index (χ0n) is 22.0. The maximum absolute atomic E-state index is 14.0. The Morgan fingerprint density at radius 1 is 0.778 bits per heavy atom. The summed E-state index contributed by atoms with van der Waals surface area (Å²) in [6.07, 6.45) is 12.3. The third-order valence-corrected chi connectivity index (χ3v) is 9.27. The molecule has 4 nitrogen and oxygen atoms in total. The Hall–Kier alpha value is -2.18. The van der Waals surface area contributed by atoms with Crippen LogP contribution in [0.4, 0.5) is 0 Å². The summed E-state index contributed by atoms with van der Waals surface area (Å²) in [6, 6.07) is 7.98. The molecule has 2 aliphatic rings. The number of carbonyl (C=O) groups is 2. The number of hydrogen-bond donors (Lipinski definition) is 1. The molecule has 1 N–H and O–H groups in total. The van der Waals surface area contributed by atoms with Crippen molar-refractivity contribution in [3.8, 4) is 0 Å². The quantitative estimate of drug-likeness (QED) is 0.256. The van der Waals surface area contributed by atoms with Gasteiger partial charge in [0.05, 0.1) is 32.3 Å². The van der Waals surface area contributed by atoms with Crippen molar-refractivity contribution in [1.29, 1.82) is 0 Å². The Morgan fingerprint density at radius 2 is 1.42 bits per heavy atom. The fourth-order valence-electron chi connectivity index (χ4n) is 5.62. The second-order valence-corrected chi connectivity index (χ2v) is 12.1. The van der Waals surface area contributed by atoms with Crippen molar-refractivity contribution in [3.63, 3.8) is 0 Å². The van der Waals surface area contributed by atoms with Gasteiger partial charge in [-0.2, -0.15) is 0 Å². The SMILES string of the molecule is CCCCC(CCC)CCC(CCCC)CN1C(=O)C2=C(c3cccs3)NC(=O)C2=C1c1cccs1. The number of rotatable bonds is 15. The van der Waals surface area contributed by atoms with Crippen LogP contribution in [0.3, 0.4) is 0 Å². The van der Waals surface area contributed by atoms with Crippen LogP contribution in [0.2, 0.25) is 0 Å². The van der Waals surface area contributed by atoms with Crippen molar-refractivity contribution in [3.05, 3.63) is 55.9 Å². The van der Waals surface area contributed by atoms with Crippen molar-refractivity contribution in [2.45, 2.75) is 85.0 Å². The van der Waals surface area contributed by atoms with Crippen molar-refractivity contribution in [2.75, 3.05) is 6.54 Å². The molecule has 2 aliphatic heterocycles. The number of nitrogens with zero attached hydrogens (tertiary/aromatic N) is 1. The minimum Gasteiger partial charge on any atom is -0.320 e. The first-order valence-corrected chi connectivity index (χ1v) is 15.5. The molecule has 4 heterocycles. The molecule has 0 saturated heterocycles. The summed E-state index contributed by atoms with van der Waals surface area (Å²) in [6.45, 7) is 7.50. The van der Waals surface area contributed by atoms with Crippen LogP contribution in [0.1, 0.15) is 94.7 Å². The van der Waals surface area contributed by atoms with E-state index in [9.17, 15) is 9.59 Å². The van der Waals surface area contributed by atoms with E-state index in [0.29, 0.717) is 29.3 Å². The Morgan fingerprint density at radius 3 is 2.03 bits per heavy atom. The van der Waals surface area contributed by atoms with Crippen molar-refractivity contribution in [2.24, 2.45) is 11.8 Å². The van der Waals surface area contributed by atoms with Crippen LogP contribution in [0.25, 0.3) is 11.4 Å². The standard InChI is InChI=1S/C30H40N2O2S2/c1-4-7-12-21(11-6-3)16-17-22(13-8-5-2)20-32-28(24-15-10-19-36-24)26-25(30(32)34)27(31-29(26)33)23-14-9-18-35-23/h9-10,14-15,18-19,21-22H,4-8,11-13,16-17,20H2,1-3H3,(H,31,33). The fraction of sp³-hybridized carbons (Fsp3) is 0.533. The van der Waals surface area contributed by atoms with Crippen LogP contribution in [0.15, 0.2) is 46.2 Å². The number of thiophene rings is 2. The Bertz CT molecular complexity index is 1080. The topological polar surface area (TPSA) is 49.4 Å². The lowest BCUT2D eigenvalue weighted by molar-refractivity contribution is -0.123. The summed E-state index contributed by atoms with van der Waals surface area (Å²) < 4.78 is 0. The minimum absolute atomic E-state index is 0.0206. The molecular formula is C30H40N2O2S2.